The molecule has 0 aliphatic carbocycles. The highest BCUT2D eigenvalue weighted by Crippen LogP contribution is 2.27. The van der Waals surface area contributed by atoms with E-state index in [2.05, 4.69) is 29.8 Å². The molecule has 1 amide bonds. The van der Waals surface area contributed by atoms with Crippen LogP contribution in [0.1, 0.15) is 63.2 Å². The van der Waals surface area contributed by atoms with Crippen LogP contribution in [0.3, 0.4) is 0 Å². The summed E-state index contributed by atoms with van der Waals surface area (Å²) in [6.45, 7) is 7.97. The number of rotatable bonds is 8. The van der Waals surface area contributed by atoms with Gasteiger partial charge in [0.15, 0.2) is 0 Å². The Hall–Kier alpha value is -0.920. The van der Waals surface area contributed by atoms with Gasteiger partial charge in [0, 0.05) is 30.1 Å². The summed E-state index contributed by atoms with van der Waals surface area (Å²) < 4.78 is 27.8. The summed E-state index contributed by atoms with van der Waals surface area (Å²) in [6.07, 6.45) is 4.57. The van der Waals surface area contributed by atoms with Crippen molar-refractivity contribution >= 4 is 31.9 Å². The van der Waals surface area contributed by atoms with Crippen molar-refractivity contribution in [2.75, 3.05) is 19.6 Å². The molecule has 0 bridgehead atoms. The molecule has 1 heterocycles. The molecule has 0 spiro atoms. The van der Waals surface area contributed by atoms with Gasteiger partial charge in [-0.2, -0.15) is 4.31 Å². The van der Waals surface area contributed by atoms with Gasteiger partial charge in [-0.1, -0.05) is 20.3 Å². The van der Waals surface area contributed by atoms with Crippen LogP contribution in [0.2, 0.25) is 0 Å². The number of carbonyl (C=O) groups is 1. The molecule has 1 aliphatic rings. The summed E-state index contributed by atoms with van der Waals surface area (Å²) in [4.78, 5) is 15.2. The third kappa shape index (κ3) is 4.67. The molecule has 5 nitrogen and oxygen atoms in total. The van der Waals surface area contributed by atoms with Crippen LogP contribution >= 0.6 is 15.9 Å². The van der Waals surface area contributed by atoms with E-state index in [1.54, 1.807) is 12.1 Å². The third-order valence-electron chi connectivity index (χ3n) is 5.01. The average molecular weight is 445 g/mol. The molecule has 1 saturated heterocycles. The van der Waals surface area contributed by atoms with Gasteiger partial charge >= 0.3 is 0 Å². The largest absolute Gasteiger partial charge is 0.336 e. The standard InChI is InChI=1S/C19H29BrN2O3S/c1-4-6-13-22(15(3)5-2)19(23)17-14-16(9-10-18(17)20)26(24,25)21-11-7-8-12-21/h9-10,14-15H,4-8,11-13H2,1-3H3. The number of sulfonamides is 1. The highest BCUT2D eigenvalue weighted by atomic mass is 79.9. The van der Waals surface area contributed by atoms with E-state index in [0.29, 0.717) is 29.7 Å². The molecule has 1 unspecified atom stereocenters. The first-order chi connectivity index (χ1) is 12.3. The van der Waals surface area contributed by atoms with E-state index in [1.807, 2.05) is 11.8 Å². The summed E-state index contributed by atoms with van der Waals surface area (Å²) in [5.74, 6) is -0.113. The van der Waals surface area contributed by atoms with Crippen molar-refractivity contribution < 1.29 is 13.2 Å². The summed E-state index contributed by atoms with van der Waals surface area (Å²) in [5.41, 5.74) is 0.418. The van der Waals surface area contributed by atoms with Crippen LogP contribution in [0, 0.1) is 0 Å². The fraction of sp³-hybridized carbons (Fsp3) is 0.632. The summed E-state index contributed by atoms with van der Waals surface area (Å²) >= 11 is 3.43. The van der Waals surface area contributed by atoms with Crippen molar-refractivity contribution in [2.24, 2.45) is 0 Å². The number of hydrogen-bond acceptors (Lipinski definition) is 3. The molecule has 1 atom stereocenters. The van der Waals surface area contributed by atoms with Gasteiger partial charge in [-0.3, -0.25) is 4.79 Å². The Morgan fingerprint density at radius 1 is 1.27 bits per heavy atom. The maximum atomic E-state index is 13.2. The molecule has 2 rings (SSSR count). The first-order valence-corrected chi connectivity index (χ1v) is 11.7. The lowest BCUT2D eigenvalue weighted by atomic mass is 10.1. The van der Waals surface area contributed by atoms with Crippen molar-refractivity contribution in [1.29, 1.82) is 0 Å². The SMILES string of the molecule is CCCCN(C(=O)c1cc(S(=O)(=O)N2CCCC2)ccc1Br)C(C)CC. The highest BCUT2D eigenvalue weighted by molar-refractivity contribution is 9.10. The molecule has 7 heteroatoms. The number of amides is 1. The van der Waals surface area contributed by atoms with Crippen LogP contribution in [0.15, 0.2) is 27.6 Å². The zero-order valence-electron chi connectivity index (χ0n) is 15.9. The van der Waals surface area contributed by atoms with Crippen molar-refractivity contribution in [2.45, 2.75) is 63.8 Å². The molecule has 1 aromatic rings. The molecule has 0 aromatic heterocycles. The van der Waals surface area contributed by atoms with Gasteiger partial charge in [-0.15, -0.1) is 0 Å². The predicted octanol–water partition coefficient (Wildman–Crippen LogP) is 4.27. The Kier molecular flexibility index (Phi) is 7.67. The molecule has 1 aliphatic heterocycles. The van der Waals surface area contributed by atoms with E-state index >= 15 is 0 Å². The van der Waals surface area contributed by atoms with Gasteiger partial charge in [0.05, 0.1) is 10.5 Å². The minimum Gasteiger partial charge on any atom is -0.336 e. The van der Waals surface area contributed by atoms with E-state index in [4.69, 9.17) is 0 Å². The number of hydrogen-bond donors (Lipinski definition) is 0. The Balaban J connectivity index is 2.37. The van der Waals surface area contributed by atoms with Crippen LogP contribution in [0.4, 0.5) is 0 Å². The maximum absolute atomic E-state index is 13.2. The van der Waals surface area contributed by atoms with E-state index in [0.717, 1.165) is 32.1 Å². The molecule has 0 saturated carbocycles. The lowest BCUT2D eigenvalue weighted by molar-refractivity contribution is 0.0684. The minimum atomic E-state index is -3.54. The number of halogens is 1. The van der Waals surface area contributed by atoms with Crippen LogP contribution in [-0.4, -0.2) is 49.2 Å². The molecular formula is C19H29BrN2O3S. The highest BCUT2D eigenvalue weighted by Gasteiger charge is 2.29. The van der Waals surface area contributed by atoms with Crippen molar-refractivity contribution in [3.05, 3.63) is 28.2 Å². The first-order valence-electron chi connectivity index (χ1n) is 9.43. The molecule has 0 radical (unpaired) electrons. The summed E-state index contributed by atoms with van der Waals surface area (Å²) in [5, 5.41) is 0. The van der Waals surface area contributed by atoms with Crippen LogP contribution in [-0.2, 0) is 10.0 Å². The normalized spacial score (nSPS) is 16.6. The fourth-order valence-electron chi connectivity index (χ4n) is 3.13. The number of benzene rings is 1. The van der Waals surface area contributed by atoms with E-state index in [9.17, 15) is 13.2 Å². The first kappa shape index (κ1) is 21.4. The lowest BCUT2D eigenvalue weighted by Crippen LogP contribution is -2.39. The second-order valence-electron chi connectivity index (χ2n) is 6.86. The van der Waals surface area contributed by atoms with Gasteiger partial charge in [0.1, 0.15) is 0 Å². The average Bonchev–Trinajstić information content (AvgIpc) is 3.17. The second-order valence-corrected chi connectivity index (χ2v) is 9.65. The monoisotopic (exact) mass is 444 g/mol. The van der Waals surface area contributed by atoms with Gasteiger partial charge < -0.3 is 4.90 Å². The van der Waals surface area contributed by atoms with E-state index in [1.165, 1.54) is 10.4 Å². The zero-order chi connectivity index (χ0) is 19.3. The van der Waals surface area contributed by atoms with Crippen molar-refractivity contribution in [3.8, 4) is 0 Å². The number of nitrogens with zero attached hydrogens (tertiary/aromatic N) is 2. The Labute approximate surface area is 165 Å². The summed E-state index contributed by atoms with van der Waals surface area (Å²) in [7, 11) is -3.54. The van der Waals surface area contributed by atoms with Crippen LogP contribution < -0.4 is 0 Å². The van der Waals surface area contributed by atoms with Crippen molar-refractivity contribution in [1.82, 2.24) is 9.21 Å². The molecular weight excluding hydrogens is 416 g/mol. The van der Waals surface area contributed by atoms with Gasteiger partial charge in [-0.05, 0) is 66.7 Å². The van der Waals surface area contributed by atoms with E-state index < -0.39 is 10.0 Å². The second kappa shape index (κ2) is 9.33. The molecule has 146 valence electrons. The molecule has 1 fully saturated rings. The maximum Gasteiger partial charge on any atom is 0.255 e. The van der Waals surface area contributed by atoms with Gasteiger partial charge in [0.2, 0.25) is 10.0 Å². The van der Waals surface area contributed by atoms with Crippen LogP contribution in [0.25, 0.3) is 0 Å². The Morgan fingerprint density at radius 2 is 1.92 bits per heavy atom. The zero-order valence-corrected chi connectivity index (χ0v) is 18.3. The number of carbonyl (C=O) groups excluding carboxylic acids is 1. The quantitative estimate of drug-likeness (QED) is 0.601. The predicted molar refractivity (Wildman–Crippen MR) is 108 cm³/mol. The number of unbranched alkanes of at least 4 members (excludes halogenated alkanes) is 1. The Morgan fingerprint density at radius 3 is 2.50 bits per heavy atom. The topological polar surface area (TPSA) is 57.7 Å². The van der Waals surface area contributed by atoms with Crippen molar-refractivity contribution in [3.63, 3.8) is 0 Å². The Bertz CT molecular complexity index is 730. The van der Waals surface area contributed by atoms with Gasteiger partial charge in [0.25, 0.3) is 5.91 Å². The van der Waals surface area contributed by atoms with Gasteiger partial charge in [-0.25, -0.2) is 8.42 Å². The molecule has 0 N–H and O–H groups in total. The minimum absolute atomic E-state index is 0.111. The van der Waals surface area contributed by atoms with Crippen LogP contribution in [0.5, 0.6) is 0 Å². The molecule has 26 heavy (non-hydrogen) atoms. The smallest absolute Gasteiger partial charge is 0.255 e. The molecule has 1 aromatic carbocycles. The fourth-order valence-corrected chi connectivity index (χ4v) is 5.09. The third-order valence-corrected chi connectivity index (χ3v) is 7.59. The lowest BCUT2D eigenvalue weighted by Gasteiger charge is -2.29. The van der Waals surface area contributed by atoms with E-state index in [-0.39, 0.29) is 16.8 Å². The summed E-state index contributed by atoms with van der Waals surface area (Å²) in [6, 6.07) is 4.89.